The highest BCUT2D eigenvalue weighted by Crippen LogP contribution is 2.39. The van der Waals surface area contributed by atoms with Gasteiger partial charge in [-0.05, 0) is 43.3 Å². The Hall–Kier alpha value is -4.20. The number of aliphatic imine (C=N–C) groups is 1. The minimum absolute atomic E-state index is 0.0396. The molecule has 1 unspecified atom stereocenters. The monoisotopic (exact) mass is 472 g/mol. The van der Waals surface area contributed by atoms with Crippen molar-refractivity contribution in [1.82, 2.24) is 9.80 Å². The van der Waals surface area contributed by atoms with Gasteiger partial charge in [-0.3, -0.25) is 0 Å². The lowest BCUT2D eigenvalue weighted by Gasteiger charge is -2.41. The third kappa shape index (κ3) is 4.47. The van der Waals surface area contributed by atoms with Gasteiger partial charge in [0.15, 0.2) is 5.75 Å². The van der Waals surface area contributed by atoms with E-state index < -0.39 is 0 Å². The Morgan fingerprint density at radius 2 is 1.80 bits per heavy atom. The van der Waals surface area contributed by atoms with Gasteiger partial charge < -0.3 is 29.3 Å². The Labute approximate surface area is 204 Å². The number of nitrogens with one attached hydrogen (secondary N) is 1. The molecule has 8 nitrogen and oxygen atoms in total. The number of methoxy groups -OCH3 is 2. The fourth-order valence-corrected chi connectivity index (χ4v) is 4.46. The zero-order valence-electron chi connectivity index (χ0n) is 20.0. The molecule has 0 spiro atoms. The number of carbonyl (C=O) groups excluding carboxylic acids is 1. The molecule has 1 N–H and O–H groups in total. The molecule has 3 aromatic carbocycles. The highest BCUT2D eigenvalue weighted by Gasteiger charge is 2.32. The van der Waals surface area contributed by atoms with E-state index >= 15 is 0 Å². The Balaban J connectivity index is 1.39. The Morgan fingerprint density at radius 1 is 1.00 bits per heavy atom. The van der Waals surface area contributed by atoms with Gasteiger partial charge in [-0.1, -0.05) is 24.3 Å². The summed E-state index contributed by atoms with van der Waals surface area (Å²) in [5.74, 6) is 3.56. The highest BCUT2D eigenvalue weighted by atomic mass is 16.5. The van der Waals surface area contributed by atoms with Crippen LogP contribution in [0, 0.1) is 0 Å². The van der Waals surface area contributed by atoms with Crippen LogP contribution in [-0.2, 0) is 0 Å². The molecule has 180 valence electrons. The maximum absolute atomic E-state index is 13.1. The van der Waals surface area contributed by atoms with Crippen molar-refractivity contribution in [2.75, 3.05) is 39.2 Å². The third-order valence-electron chi connectivity index (χ3n) is 6.28. The summed E-state index contributed by atoms with van der Waals surface area (Å²) >= 11 is 0. The predicted octanol–water partition coefficient (Wildman–Crippen LogP) is 5.13. The number of urea groups is 1. The van der Waals surface area contributed by atoms with Gasteiger partial charge in [0, 0.05) is 31.7 Å². The smallest absolute Gasteiger partial charge is 0.322 e. The molecular weight excluding hydrogens is 444 g/mol. The van der Waals surface area contributed by atoms with Gasteiger partial charge >= 0.3 is 6.03 Å². The second-order valence-corrected chi connectivity index (χ2v) is 8.49. The maximum Gasteiger partial charge on any atom is 0.322 e. The summed E-state index contributed by atoms with van der Waals surface area (Å²) in [6, 6.07) is 20.7. The number of benzene rings is 3. The van der Waals surface area contributed by atoms with Crippen LogP contribution in [0.3, 0.4) is 0 Å². The van der Waals surface area contributed by atoms with Crippen LogP contribution in [-0.4, -0.2) is 61.6 Å². The van der Waals surface area contributed by atoms with E-state index in [0.717, 1.165) is 17.1 Å². The van der Waals surface area contributed by atoms with Crippen molar-refractivity contribution < 1.29 is 19.0 Å². The number of piperazine rings is 1. The first-order valence-corrected chi connectivity index (χ1v) is 11.6. The molecule has 2 heterocycles. The Morgan fingerprint density at radius 3 is 2.60 bits per heavy atom. The van der Waals surface area contributed by atoms with Crippen molar-refractivity contribution >= 4 is 23.2 Å². The quantitative estimate of drug-likeness (QED) is 0.572. The minimum Gasteiger partial charge on any atom is -0.497 e. The van der Waals surface area contributed by atoms with Crippen molar-refractivity contribution in [3.05, 3.63) is 72.3 Å². The lowest BCUT2D eigenvalue weighted by Crippen LogP contribution is -2.56. The van der Waals surface area contributed by atoms with Crippen LogP contribution in [0.4, 0.5) is 16.2 Å². The average Bonchev–Trinajstić information content (AvgIpc) is 3.05. The van der Waals surface area contributed by atoms with E-state index in [-0.39, 0.29) is 12.1 Å². The molecule has 0 bridgehead atoms. The summed E-state index contributed by atoms with van der Waals surface area (Å²) in [5, 5.41) is 2.99. The maximum atomic E-state index is 13.1. The molecule has 0 radical (unpaired) electrons. The van der Waals surface area contributed by atoms with Gasteiger partial charge in [-0.2, -0.15) is 0 Å². The number of amidine groups is 1. The van der Waals surface area contributed by atoms with Gasteiger partial charge in [-0.15, -0.1) is 0 Å². The molecular formula is C27H28N4O4. The minimum atomic E-state index is -0.150. The van der Waals surface area contributed by atoms with Crippen molar-refractivity contribution in [1.29, 1.82) is 0 Å². The fraction of sp³-hybridized carbons (Fsp3) is 0.259. The number of para-hydroxylation sites is 4. The van der Waals surface area contributed by atoms with Crippen LogP contribution in [0.25, 0.3) is 0 Å². The SMILES string of the molecule is COc1ccc2c(c1)Oc1ccccc1N=C2N1CCN(C(=O)Nc2ccccc2OC)C(C)C1. The molecule has 35 heavy (non-hydrogen) atoms. The van der Waals surface area contributed by atoms with Crippen molar-refractivity contribution in [2.45, 2.75) is 13.0 Å². The molecule has 1 atom stereocenters. The number of fused-ring (bicyclic) bond motifs is 2. The van der Waals surface area contributed by atoms with E-state index in [1.165, 1.54) is 0 Å². The van der Waals surface area contributed by atoms with Gasteiger partial charge in [-0.25, -0.2) is 9.79 Å². The first-order valence-electron chi connectivity index (χ1n) is 11.6. The molecule has 2 aliphatic heterocycles. The van der Waals surface area contributed by atoms with E-state index in [2.05, 4.69) is 10.2 Å². The normalized spacial score (nSPS) is 16.8. The summed E-state index contributed by atoms with van der Waals surface area (Å²) in [6.45, 7) is 3.86. The summed E-state index contributed by atoms with van der Waals surface area (Å²) < 4.78 is 17.0. The van der Waals surface area contributed by atoms with E-state index in [0.29, 0.717) is 48.3 Å². The first-order chi connectivity index (χ1) is 17.1. The van der Waals surface area contributed by atoms with E-state index in [4.69, 9.17) is 19.2 Å². The fourth-order valence-electron chi connectivity index (χ4n) is 4.46. The van der Waals surface area contributed by atoms with Gasteiger partial charge in [0.05, 0.1) is 25.5 Å². The largest absolute Gasteiger partial charge is 0.497 e. The van der Waals surface area contributed by atoms with Gasteiger partial charge in [0.2, 0.25) is 0 Å². The number of rotatable bonds is 3. The number of amides is 2. The average molecular weight is 473 g/mol. The van der Waals surface area contributed by atoms with E-state index in [9.17, 15) is 4.79 Å². The lowest BCUT2D eigenvalue weighted by atomic mass is 10.1. The van der Waals surface area contributed by atoms with Crippen molar-refractivity contribution in [3.63, 3.8) is 0 Å². The molecule has 5 rings (SSSR count). The molecule has 8 heteroatoms. The third-order valence-corrected chi connectivity index (χ3v) is 6.28. The number of anilines is 1. The molecule has 1 fully saturated rings. The molecule has 0 aliphatic carbocycles. The van der Waals surface area contributed by atoms with Crippen LogP contribution >= 0.6 is 0 Å². The van der Waals surface area contributed by atoms with Gasteiger partial charge in [0.25, 0.3) is 0 Å². The number of carbonyl (C=O) groups is 1. The summed E-state index contributed by atoms with van der Waals surface area (Å²) in [5.41, 5.74) is 2.31. The van der Waals surface area contributed by atoms with Crippen LogP contribution in [0.1, 0.15) is 12.5 Å². The molecule has 3 aromatic rings. The Bertz CT molecular complexity index is 1280. The topological polar surface area (TPSA) is 75.6 Å². The molecule has 2 aliphatic rings. The number of hydrogen-bond acceptors (Lipinski definition) is 6. The summed E-state index contributed by atoms with van der Waals surface area (Å²) in [7, 11) is 3.23. The summed E-state index contributed by atoms with van der Waals surface area (Å²) in [6.07, 6.45) is 0. The summed E-state index contributed by atoms with van der Waals surface area (Å²) in [4.78, 5) is 22.2. The van der Waals surface area contributed by atoms with Gasteiger partial charge in [0.1, 0.15) is 28.8 Å². The number of nitrogens with zero attached hydrogens (tertiary/aromatic N) is 3. The molecule has 0 aromatic heterocycles. The second kappa shape index (κ2) is 9.58. The van der Waals surface area contributed by atoms with Crippen LogP contribution in [0.2, 0.25) is 0 Å². The first kappa shape index (κ1) is 22.6. The van der Waals surface area contributed by atoms with Crippen LogP contribution in [0.15, 0.2) is 71.7 Å². The van der Waals surface area contributed by atoms with Crippen LogP contribution in [0.5, 0.6) is 23.0 Å². The van der Waals surface area contributed by atoms with Crippen molar-refractivity contribution in [2.24, 2.45) is 4.99 Å². The standard InChI is InChI=1S/C27H28N4O4/c1-18-17-30(14-15-31(18)27(32)29-21-8-4-6-10-23(21)34-3)26-20-13-12-19(33-2)16-25(20)35-24-11-7-5-9-22(24)28-26/h4-13,16,18H,14-15,17H2,1-3H3,(H,29,32). The van der Waals surface area contributed by atoms with E-state index in [1.54, 1.807) is 14.2 Å². The molecule has 0 saturated carbocycles. The number of hydrogen-bond donors (Lipinski definition) is 1. The molecule has 1 saturated heterocycles. The van der Waals surface area contributed by atoms with E-state index in [1.807, 2.05) is 78.6 Å². The van der Waals surface area contributed by atoms with Crippen LogP contribution < -0.4 is 19.5 Å². The second-order valence-electron chi connectivity index (χ2n) is 8.49. The zero-order chi connectivity index (χ0) is 24.4. The molecule has 2 amide bonds. The Kier molecular flexibility index (Phi) is 6.18. The number of ether oxygens (including phenoxy) is 3. The zero-order valence-corrected chi connectivity index (χ0v) is 20.0. The lowest BCUT2D eigenvalue weighted by molar-refractivity contribution is 0.144. The van der Waals surface area contributed by atoms with Crippen molar-refractivity contribution in [3.8, 4) is 23.0 Å². The predicted molar refractivity (Wildman–Crippen MR) is 135 cm³/mol. The highest BCUT2D eigenvalue weighted by molar-refractivity contribution is 6.04.